The van der Waals surface area contributed by atoms with Gasteiger partial charge in [-0.1, -0.05) is 73.0 Å². The quantitative estimate of drug-likeness (QED) is 0.481. The second kappa shape index (κ2) is 7.86. The molecular formula is C29H46O. The van der Waals surface area contributed by atoms with Gasteiger partial charge < -0.3 is 5.11 Å². The highest BCUT2D eigenvalue weighted by Crippen LogP contribution is 2.67. The fraction of sp³-hybridized carbons (Fsp3) is 0.793. The first-order valence-corrected chi connectivity index (χ1v) is 12.9. The van der Waals surface area contributed by atoms with Crippen molar-refractivity contribution in [2.24, 2.45) is 52.3 Å². The van der Waals surface area contributed by atoms with Crippen molar-refractivity contribution in [3.8, 4) is 0 Å². The molecule has 0 amide bonds. The van der Waals surface area contributed by atoms with Crippen molar-refractivity contribution >= 4 is 0 Å². The van der Waals surface area contributed by atoms with Crippen LogP contribution in [0.15, 0.2) is 35.1 Å². The van der Waals surface area contributed by atoms with Crippen LogP contribution in [0.3, 0.4) is 0 Å². The third-order valence-electron chi connectivity index (χ3n) is 10.7. The minimum absolute atomic E-state index is 0.179. The van der Waals surface area contributed by atoms with Crippen LogP contribution < -0.4 is 0 Å². The Morgan fingerprint density at radius 3 is 2.50 bits per heavy atom. The minimum atomic E-state index is 0.179. The van der Waals surface area contributed by atoms with Crippen LogP contribution in [-0.2, 0) is 0 Å². The molecule has 8 atom stereocenters. The number of aliphatic hydroxyl groups excluding tert-OH is 1. The number of hydrogen-bond acceptors (Lipinski definition) is 1. The zero-order valence-corrected chi connectivity index (χ0v) is 20.7. The lowest BCUT2D eigenvalue weighted by molar-refractivity contribution is -0.0343. The summed E-state index contributed by atoms with van der Waals surface area (Å²) in [6, 6.07) is 0. The van der Waals surface area contributed by atoms with Gasteiger partial charge in [0.1, 0.15) is 5.76 Å². The molecule has 4 rings (SSSR count). The third kappa shape index (κ3) is 3.25. The largest absolute Gasteiger partial charge is 0.508 e. The van der Waals surface area contributed by atoms with E-state index in [0.717, 1.165) is 29.6 Å². The first-order valence-electron chi connectivity index (χ1n) is 12.9. The van der Waals surface area contributed by atoms with Crippen molar-refractivity contribution in [1.29, 1.82) is 0 Å². The predicted molar refractivity (Wildman–Crippen MR) is 128 cm³/mol. The van der Waals surface area contributed by atoms with Gasteiger partial charge in [-0.3, -0.25) is 0 Å². The molecule has 0 bridgehead atoms. The Balaban J connectivity index is 1.57. The van der Waals surface area contributed by atoms with Crippen molar-refractivity contribution < 1.29 is 5.11 Å². The molecule has 0 radical (unpaired) electrons. The molecule has 1 heteroatoms. The Morgan fingerprint density at radius 1 is 1.07 bits per heavy atom. The summed E-state index contributed by atoms with van der Waals surface area (Å²) >= 11 is 0. The Hall–Kier alpha value is -0.980. The van der Waals surface area contributed by atoms with Crippen LogP contribution >= 0.6 is 0 Å². The van der Waals surface area contributed by atoms with E-state index in [1.54, 1.807) is 0 Å². The molecule has 2 fully saturated rings. The number of aliphatic hydroxyl groups is 1. The van der Waals surface area contributed by atoms with Crippen LogP contribution in [0.4, 0.5) is 0 Å². The van der Waals surface area contributed by atoms with E-state index in [2.05, 4.69) is 66.7 Å². The summed E-state index contributed by atoms with van der Waals surface area (Å²) in [4.78, 5) is 0. The molecule has 0 aromatic carbocycles. The Labute approximate surface area is 186 Å². The number of fused-ring (bicyclic) bond motifs is 5. The maximum absolute atomic E-state index is 10.5. The maximum Gasteiger partial charge on any atom is 0.115 e. The molecule has 0 aliphatic heterocycles. The van der Waals surface area contributed by atoms with Gasteiger partial charge in [-0.05, 0) is 96.7 Å². The van der Waals surface area contributed by atoms with E-state index in [0.29, 0.717) is 23.0 Å². The van der Waals surface area contributed by atoms with Gasteiger partial charge in [-0.2, -0.15) is 0 Å². The highest BCUT2D eigenvalue weighted by atomic mass is 16.3. The summed E-state index contributed by atoms with van der Waals surface area (Å²) in [6.07, 6.45) is 16.8. The van der Waals surface area contributed by atoms with E-state index in [9.17, 15) is 5.11 Å². The van der Waals surface area contributed by atoms with Crippen LogP contribution in [-0.4, -0.2) is 5.11 Å². The van der Waals surface area contributed by atoms with Crippen molar-refractivity contribution in [3.63, 3.8) is 0 Å². The molecule has 1 unspecified atom stereocenters. The molecule has 30 heavy (non-hydrogen) atoms. The molecular weight excluding hydrogens is 364 g/mol. The Bertz CT molecular complexity index is 754. The molecule has 4 aliphatic carbocycles. The lowest BCUT2D eigenvalue weighted by Crippen LogP contribution is -2.51. The average molecular weight is 411 g/mol. The summed E-state index contributed by atoms with van der Waals surface area (Å²) in [5.41, 5.74) is 3.26. The van der Waals surface area contributed by atoms with Gasteiger partial charge in [-0.25, -0.2) is 0 Å². The standard InChI is InChI=1S/C29H46O/c1-18(2)9-8-10-19(3)24-13-14-25-23-12-11-22-17-27(30)20(4)21(5)29(22,7)26(23)15-16-28(24,25)6/h11-12,17-19,21,23-26,30H,8-10,13-16H2,1-7H3/t19-,21?,23+,24-,25+,26+,28-,29+/m1/s1. The van der Waals surface area contributed by atoms with Gasteiger partial charge in [0.25, 0.3) is 0 Å². The molecule has 1 nitrogen and oxygen atoms in total. The molecule has 0 aromatic rings. The fourth-order valence-electron chi connectivity index (χ4n) is 8.50. The summed E-state index contributed by atoms with van der Waals surface area (Å²) in [7, 11) is 0. The Kier molecular flexibility index (Phi) is 5.82. The smallest absolute Gasteiger partial charge is 0.115 e. The van der Waals surface area contributed by atoms with Gasteiger partial charge in [0, 0.05) is 5.41 Å². The molecule has 168 valence electrons. The topological polar surface area (TPSA) is 20.2 Å². The van der Waals surface area contributed by atoms with E-state index >= 15 is 0 Å². The predicted octanol–water partition coefficient (Wildman–Crippen LogP) is 8.49. The van der Waals surface area contributed by atoms with Crippen LogP contribution in [0, 0.1) is 52.3 Å². The molecule has 0 aromatic heterocycles. The molecule has 0 heterocycles. The monoisotopic (exact) mass is 410 g/mol. The highest BCUT2D eigenvalue weighted by Gasteiger charge is 2.59. The van der Waals surface area contributed by atoms with Crippen molar-refractivity contribution in [2.75, 3.05) is 0 Å². The number of allylic oxidation sites excluding steroid dienone is 5. The lowest BCUT2D eigenvalue weighted by atomic mass is 9.46. The number of hydrogen-bond donors (Lipinski definition) is 1. The summed E-state index contributed by atoms with van der Waals surface area (Å²) in [5.74, 6) is 5.82. The van der Waals surface area contributed by atoms with Gasteiger partial charge in [0.15, 0.2) is 0 Å². The van der Waals surface area contributed by atoms with Crippen molar-refractivity contribution in [2.45, 2.75) is 93.4 Å². The first-order chi connectivity index (χ1) is 14.1. The summed E-state index contributed by atoms with van der Waals surface area (Å²) < 4.78 is 0. The zero-order chi connectivity index (χ0) is 21.8. The summed E-state index contributed by atoms with van der Waals surface area (Å²) in [5, 5.41) is 10.5. The van der Waals surface area contributed by atoms with E-state index < -0.39 is 0 Å². The minimum Gasteiger partial charge on any atom is -0.508 e. The van der Waals surface area contributed by atoms with Crippen molar-refractivity contribution in [3.05, 3.63) is 35.1 Å². The fourth-order valence-corrected chi connectivity index (χ4v) is 8.50. The number of rotatable bonds is 5. The van der Waals surface area contributed by atoms with E-state index in [1.165, 1.54) is 56.1 Å². The van der Waals surface area contributed by atoms with Gasteiger partial charge in [0.2, 0.25) is 0 Å². The van der Waals surface area contributed by atoms with Gasteiger partial charge in [-0.15, -0.1) is 0 Å². The van der Waals surface area contributed by atoms with Gasteiger partial charge >= 0.3 is 0 Å². The lowest BCUT2D eigenvalue weighted by Gasteiger charge is -2.58. The van der Waals surface area contributed by atoms with Crippen molar-refractivity contribution in [1.82, 2.24) is 0 Å². The maximum atomic E-state index is 10.5. The molecule has 0 spiro atoms. The van der Waals surface area contributed by atoms with E-state index in [-0.39, 0.29) is 5.41 Å². The van der Waals surface area contributed by atoms with E-state index in [4.69, 9.17) is 0 Å². The Morgan fingerprint density at radius 2 is 1.80 bits per heavy atom. The summed E-state index contributed by atoms with van der Waals surface area (Å²) in [6.45, 7) is 16.9. The average Bonchev–Trinajstić information content (AvgIpc) is 3.04. The van der Waals surface area contributed by atoms with Gasteiger partial charge in [0.05, 0.1) is 0 Å². The molecule has 1 N–H and O–H groups in total. The van der Waals surface area contributed by atoms with Crippen LogP contribution in [0.2, 0.25) is 0 Å². The molecule has 2 saturated carbocycles. The first kappa shape index (κ1) is 22.2. The van der Waals surface area contributed by atoms with E-state index in [1.807, 2.05) is 0 Å². The van der Waals surface area contributed by atoms with Crippen LogP contribution in [0.25, 0.3) is 0 Å². The van der Waals surface area contributed by atoms with Crippen LogP contribution in [0.1, 0.15) is 93.4 Å². The second-order valence-corrected chi connectivity index (χ2v) is 12.4. The normalized spacial score (nSPS) is 43.9. The third-order valence-corrected chi connectivity index (χ3v) is 10.7. The SMILES string of the molecule is CC1=C(O)C=C2C=C[C@H]3[C@@H]4CC[C@H]([C@H](C)CCCC(C)C)[C@@]4(C)CC[C@@H]3[C@@]2(C)C1C. The second-order valence-electron chi connectivity index (χ2n) is 12.4. The van der Waals surface area contributed by atoms with Crippen LogP contribution in [0.5, 0.6) is 0 Å². The molecule has 4 aliphatic rings. The zero-order valence-electron chi connectivity index (χ0n) is 20.7. The molecule has 0 saturated heterocycles. The highest BCUT2D eigenvalue weighted by molar-refractivity contribution is 5.44.